The Balaban J connectivity index is 2.05. The highest BCUT2D eigenvalue weighted by Crippen LogP contribution is 2.47. The Hall–Kier alpha value is -2.48. The SMILES string of the molecule is C=CCN(C)CCN1C(=O)[C@H](OC(C)=O)[C@H](c2ccc(OC)cc2)Sc2cc(Cl)ccc21. The molecule has 6 nitrogen and oxygen atoms in total. The van der Waals surface area contributed by atoms with Gasteiger partial charge >= 0.3 is 5.97 Å². The number of rotatable bonds is 8. The molecule has 0 bridgehead atoms. The predicted octanol–water partition coefficient (Wildman–Crippen LogP) is 4.58. The third-order valence-electron chi connectivity index (χ3n) is 5.13. The van der Waals surface area contributed by atoms with Gasteiger partial charge in [0.1, 0.15) is 5.75 Å². The van der Waals surface area contributed by atoms with Crippen molar-refractivity contribution in [2.75, 3.05) is 38.7 Å². The number of halogens is 1. The number of methoxy groups -OCH3 is 1. The van der Waals surface area contributed by atoms with Crippen molar-refractivity contribution in [3.8, 4) is 5.75 Å². The van der Waals surface area contributed by atoms with Crippen molar-refractivity contribution in [2.24, 2.45) is 0 Å². The second kappa shape index (κ2) is 10.9. The molecule has 170 valence electrons. The van der Waals surface area contributed by atoms with Crippen LogP contribution in [0.15, 0.2) is 60.0 Å². The minimum atomic E-state index is -0.984. The maximum atomic E-state index is 13.7. The third kappa shape index (κ3) is 5.65. The largest absolute Gasteiger partial charge is 0.497 e. The van der Waals surface area contributed by atoms with E-state index < -0.39 is 17.3 Å². The fourth-order valence-electron chi connectivity index (χ4n) is 3.55. The summed E-state index contributed by atoms with van der Waals surface area (Å²) in [5, 5.41) is 0.136. The zero-order chi connectivity index (χ0) is 23.3. The molecule has 1 heterocycles. The molecule has 1 amide bonds. The first-order valence-electron chi connectivity index (χ1n) is 10.2. The van der Waals surface area contributed by atoms with E-state index in [2.05, 4.69) is 11.5 Å². The van der Waals surface area contributed by atoms with Crippen molar-refractivity contribution in [3.63, 3.8) is 0 Å². The number of likely N-dealkylation sites (N-methyl/N-ethyl adjacent to an activating group) is 1. The molecule has 2 aromatic carbocycles. The van der Waals surface area contributed by atoms with Gasteiger partial charge in [-0.2, -0.15) is 0 Å². The molecule has 0 saturated heterocycles. The zero-order valence-corrected chi connectivity index (χ0v) is 20.0. The molecule has 32 heavy (non-hydrogen) atoms. The highest BCUT2D eigenvalue weighted by atomic mass is 35.5. The van der Waals surface area contributed by atoms with E-state index in [9.17, 15) is 9.59 Å². The number of amides is 1. The number of ether oxygens (including phenoxy) is 2. The van der Waals surface area contributed by atoms with Crippen LogP contribution in [-0.2, 0) is 14.3 Å². The lowest BCUT2D eigenvalue weighted by Crippen LogP contribution is -2.45. The van der Waals surface area contributed by atoms with Gasteiger partial charge in [0.25, 0.3) is 5.91 Å². The van der Waals surface area contributed by atoms with Gasteiger partial charge in [0.15, 0.2) is 6.10 Å². The molecule has 1 aliphatic rings. The predicted molar refractivity (Wildman–Crippen MR) is 129 cm³/mol. The summed E-state index contributed by atoms with van der Waals surface area (Å²) < 4.78 is 10.9. The van der Waals surface area contributed by atoms with Crippen molar-refractivity contribution in [3.05, 3.63) is 65.7 Å². The average Bonchev–Trinajstić information content (AvgIpc) is 2.87. The molecule has 3 rings (SSSR count). The number of hydrogen-bond acceptors (Lipinski definition) is 6. The van der Waals surface area contributed by atoms with Crippen LogP contribution in [0.4, 0.5) is 5.69 Å². The second-order valence-corrected chi connectivity index (χ2v) is 9.11. The number of anilines is 1. The van der Waals surface area contributed by atoms with E-state index in [0.29, 0.717) is 30.4 Å². The van der Waals surface area contributed by atoms with Gasteiger partial charge in [-0.25, -0.2) is 0 Å². The van der Waals surface area contributed by atoms with Gasteiger partial charge < -0.3 is 19.3 Å². The molecule has 0 radical (unpaired) electrons. The molecule has 0 saturated carbocycles. The van der Waals surface area contributed by atoms with Crippen LogP contribution < -0.4 is 9.64 Å². The minimum absolute atomic E-state index is 0.262. The van der Waals surface area contributed by atoms with Crippen molar-refractivity contribution >= 4 is 40.9 Å². The van der Waals surface area contributed by atoms with E-state index in [1.165, 1.54) is 18.7 Å². The minimum Gasteiger partial charge on any atom is -0.497 e. The summed E-state index contributed by atoms with van der Waals surface area (Å²) in [6.45, 7) is 6.85. The third-order valence-corrected chi connectivity index (χ3v) is 6.72. The van der Waals surface area contributed by atoms with E-state index in [-0.39, 0.29) is 5.91 Å². The maximum absolute atomic E-state index is 13.7. The van der Waals surface area contributed by atoms with E-state index in [0.717, 1.165) is 16.1 Å². The highest BCUT2D eigenvalue weighted by Gasteiger charge is 2.40. The van der Waals surface area contributed by atoms with Gasteiger partial charge in [-0.1, -0.05) is 29.8 Å². The van der Waals surface area contributed by atoms with Crippen LogP contribution in [0.25, 0.3) is 0 Å². The molecule has 8 heteroatoms. The fourth-order valence-corrected chi connectivity index (χ4v) is 5.14. The molecular formula is C24H27ClN2O4S. The summed E-state index contributed by atoms with van der Waals surface area (Å²) in [5.41, 5.74) is 1.61. The molecule has 0 spiro atoms. The first-order chi connectivity index (χ1) is 15.3. The monoisotopic (exact) mass is 474 g/mol. The van der Waals surface area contributed by atoms with Gasteiger partial charge in [-0.3, -0.25) is 9.59 Å². The number of hydrogen-bond donors (Lipinski definition) is 0. The van der Waals surface area contributed by atoms with Crippen LogP contribution in [0.3, 0.4) is 0 Å². The lowest BCUT2D eigenvalue weighted by molar-refractivity contribution is -0.152. The normalized spacial score (nSPS) is 18.2. The number of fused-ring (bicyclic) bond motifs is 1. The lowest BCUT2D eigenvalue weighted by atomic mass is 10.1. The van der Waals surface area contributed by atoms with Crippen LogP contribution >= 0.6 is 23.4 Å². The Morgan fingerprint density at radius 3 is 2.62 bits per heavy atom. The number of esters is 1. The molecule has 0 unspecified atom stereocenters. The number of carbonyl (C=O) groups excluding carboxylic acids is 2. The summed E-state index contributed by atoms with van der Waals surface area (Å²) >= 11 is 7.76. The van der Waals surface area contributed by atoms with E-state index >= 15 is 0 Å². The van der Waals surface area contributed by atoms with Crippen LogP contribution in [0.1, 0.15) is 17.7 Å². The quantitative estimate of drug-likeness (QED) is 0.412. The summed E-state index contributed by atoms with van der Waals surface area (Å²) in [5.74, 6) is -0.0603. The van der Waals surface area contributed by atoms with Crippen molar-refractivity contribution < 1.29 is 19.1 Å². The molecule has 0 aliphatic carbocycles. The van der Waals surface area contributed by atoms with Gasteiger partial charge in [-0.05, 0) is 42.9 Å². The van der Waals surface area contributed by atoms with Crippen LogP contribution in [0, 0.1) is 0 Å². The summed E-state index contributed by atoms with van der Waals surface area (Å²) in [6, 6.07) is 12.9. The first kappa shape index (κ1) is 24.2. The van der Waals surface area contributed by atoms with Gasteiger partial charge in [-0.15, -0.1) is 18.3 Å². The van der Waals surface area contributed by atoms with E-state index in [4.69, 9.17) is 21.1 Å². The van der Waals surface area contributed by atoms with Gasteiger partial charge in [0, 0.05) is 36.5 Å². The summed E-state index contributed by atoms with van der Waals surface area (Å²) in [7, 11) is 3.56. The molecule has 0 N–H and O–H groups in total. The number of nitrogens with zero attached hydrogens (tertiary/aromatic N) is 2. The second-order valence-electron chi connectivity index (χ2n) is 7.49. The van der Waals surface area contributed by atoms with Crippen molar-refractivity contribution in [2.45, 2.75) is 23.2 Å². The number of carbonyl (C=O) groups is 2. The van der Waals surface area contributed by atoms with Crippen LogP contribution in [-0.4, -0.2) is 56.7 Å². The Morgan fingerprint density at radius 1 is 1.28 bits per heavy atom. The molecule has 2 aromatic rings. The van der Waals surface area contributed by atoms with Crippen molar-refractivity contribution in [1.82, 2.24) is 4.90 Å². The zero-order valence-electron chi connectivity index (χ0n) is 18.4. The molecular weight excluding hydrogens is 448 g/mol. The molecule has 0 fully saturated rings. The van der Waals surface area contributed by atoms with Crippen LogP contribution in [0.5, 0.6) is 5.75 Å². The van der Waals surface area contributed by atoms with Crippen LogP contribution in [0.2, 0.25) is 5.02 Å². The highest BCUT2D eigenvalue weighted by molar-refractivity contribution is 7.99. The molecule has 1 aliphatic heterocycles. The summed E-state index contributed by atoms with van der Waals surface area (Å²) in [4.78, 5) is 30.3. The van der Waals surface area contributed by atoms with Gasteiger partial charge in [0.05, 0.1) is 18.0 Å². The maximum Gasteiger partial charge on any atom is 0.303 e. The molecule has 0 aromatic heterocycles. The number of thioether (sulfide) groups is 1. The Morgan fingerprint density at radius 2 is 2.00 bits per heavy atom. The summed E-state index contributed by atoms with van der Waals surface area (Å²) in [6.07, 6.45) is 0.830. The lowest BCUT2D eigenvalue weighted by Gasteiger charge is -2.29. The van der Waals surface area contributed by atoms with Gasteiger partial charge in [0.2, 0.25) is 0 Å². The standard InChI is InChI=1S/C24H27ClN2O4S/c1-5-12-26(3)13-14-27-20-11-8-18(25)15-21(20)32-23(22(24(27)29)31-16(2)28)17-6-9-19(30-4)10-7-17/h5-11,15,22-23H,1,12-14H2,2-4H3/t22-,23+/m1/s1. The fraction of sp³-hybridized carbons (Fsp3) is 0.333. The molecule has 2 atom stereocenters. The van der Waals surface area contributed by atoms with E-state index in [1.807, 2.05) is 49.5 Å². The van der Waals surface area contributed by atoms with Crippen molar-refractivity contribution in [1.29, 1.82) is 0 Å². The Kier molecular flexibility index (Phi) is 8.23. The first-order valence-corrected chi connectivity index (χ1v) is 11.5. The Labute approximate surface area is 198 Å². The average molecular weight is 475 g/mol. The topological polar surface area (TPSA) is 59.1 Å². The number of benzene rings is 2. The Bertz CT molecular complexity index is 982. The smallest absolute Gasteiger partial charge is 0.303 e. The van der Waals surface area contributed by atoms with E-state index in [1.54, 1.807) is 18.1 Å².